The fraction of sp³-hybridized carbons (Fsp3) is 0.346. The van der Waals surface area contributed by atoms with Crippen LogP contribution in [0, 0.1) is 0 Å². The van der Waals surface area contributed by atoms with Gasteiger partial charge in [0, 0.05) is 58.2 Å². The Kier molecular flexibility index (Phi) is 6.72. The van der Waals surface area contributed by atoms with Gasteiger partial charge in [-0.2, -0.15) is 0 Å². The molecule has 11 heteroatoms. The Morgan fingerprint density at radius 2 is 1.89 bits per heavy atom. The minimum Gasteiger partial charge on any atom is -0.371 e. The molecule has 1 aromatic carbocycles. The maximum absolute atomic E-state index is 12.4. The highest BCUT2D eigenvalue weighted by atomic mass is 16.1. The highest BCUT2D eigenvalue weighted by molar-refractivity contribution is 5.99. The molecule has 1 aliphatic rings. The molecule has 37 heavy (non-hydrogen) atoms. The summed E-state index contributed by atoms with van der Waals surface area (Å²) in [5.41, 5.74) is 10.4. The van der Waals surface area contributed by atoms with Crippen molar-refractivity contribution in [3.05, 3.63) is 54.2 Å². The number of piperazine rings is 1. The van der Waals surface area contributed by atoms with Gasteiger partial charge in [-0.1, -0.05) is 12.1 Å². The smallest absolute Gasteiger partial charge is 0.271 e. The van der Waals surface area contributed by atoms with Gasteiger partial charge in [0.05, 0.1) is 23.6 Å². The standard InChI is InChI=1S/C26H32N10O/c1-16-13-36(10-9-34(16)3)14-17-5-7-18(8-6-17)31-26-23(24(27)37)32-22(25(28-2)33-26)19-11-29-12-20-21(19)30-15-35(20)4/h5-8,11-12,15-16H,9-10,13-14H2,1-4H3,(H2,27,37)(H2,28,31,33)/t16-/m1/s1. The molecular weight excluding hydrogens is 468 g/mol. The average Bonchev–Trinajstić information content (AvgIpc) is 3.28. The fourth-order valence-electron chi connectivity index (χ4n) is 4.63. The fourth-order valence-corrected chi connectivity index (χ4v) is 4.63. The van der Waals surface area contributed by atoms with E-state index in [1.165, 1.54) is 5.56 Å². The van der Waals surface area contributed by atoms with Crippen LogP contribution in [0.1, 0.15) is 23.0 Å². The summed E-state index contributed by atoms with van der Waals surface area (Å²) < 4.78 is 1.87. The van der Waals surface area contributed by atoms with E-state index < -0.39 is 5.91 Å². The van der Waals surface area contributed by atoms with Crippen molar-refractivity contribution in [1.29, 1.82) is 0 Å². The van der Waals surface area contributed by atoms with Crippen molar-refractivity contribution in [2.45, 2.75) is 19.5 Å². The van der Waals surface area contributed by atoms with Crippen LogP contribution in [0.3, 0.4) is 0 Å². The molecule has 1 amide bonds. The lowest BCUT2D eigenvalue weighted by molar-refractivity contribution is 0.0996. The summed E-state index contributed by atoms with van der Waals surface area (Å²) in [5, 5.41) is 6.30. The van der Waals surface area contributed by atoms with Crippen molar-refractivity contribution in [3.63, 3.8) is 0 Å². The molecule has 3 aromatic heterocycles. The number of anilines is 3. The minimum atomic E-state index is -0.680. The predicted octanol–water partition coefficient (Wildman–Crippen LogP) is 2.45. The van der Waals surface area contributed by atoms with Crippen LogP contribution in [0.2, 0.25) is 0 Å². The van der Waals surface area contributed by atoms with Gasteiger partial charge in [0.2, 0.25) is 0 Å². The number of primary amides is 1. The molecular formula is C26H32N10O. The number of amides is 1. The predicted molar refractivity (Wildman–Crippen MR) is 145 cm³/mol. The normalized spacial score (nSPS) is 16.7. The third-order valence-electron chi connectivity index (χ3n) is 6.93. The molecule has 4 N–H and O–H groups in total. The average molecular weight is 501 g/mol. The van der Waals surface area contributed by atoms with Crippen LogP contribution >= 0.6 is 0 Å². The van der Waals surface area contributed by atoms with E-state index in [0.29, 0.717) is 28.6 Å². The molecule has 0 spiro atoms. The highest BCUT2D eigenvalue weighted by Gasteiger charge is 2.22. The number of nitrogens with two attached hydrogens (primary N) is 1. The van der Waals surface area contributed by atoms with Gasteiger partial charge < -0.3 is 25.8 Å². The van der Waals surface area contributed by atoms with Gasteiger partial charge in [-0.3, -0.25) is 14.7 Å². The Hall–Kier alpha value is -4.09. The van der Waals surface area contributed by atoms with Crippen LogP contribution in [0.25, 0.3) is 22.3 Å². The maximum atomic E-state index is 12.4. The van der Waals surface area contributed by atoms with E-state index in [2.05, 4.69) is 66.5 Å². The van der Waals surface area contributed by atoms with Gasteiger partial charge in [-0.05, 0) is 31.7 Å². The van der Waals surface area contributed by atoms with Crippen LogP contribution in [0.4, 0.5) is 17.3 Å². The van der Waals surface area contributed by atoms with Crippen molar-refractivity contribution in [3.8, 4) is 11.3 Å². The number of carbonyl (C=O) groups is 1. The Morgan fingerprint density at radius 3 is 2.59 bits per heavy atom. The number of rotatable bonds is 7. The second kappa shape index (κ2) is 10.1. The lowest BCUT2D eigenvalue weighted by Crippen LogP contribution is -2.49. The largest absolute Gasteiger partial charge is 0.371 e. The van der Waals surface area contributed by atoms with Gasteiger partial charge in [-0.25, -0.2) is 15.0 Å². The second-order valence-corrected chi connectivity index (χ2v) is 9.53. The Morgan fingerprint density at radius 1 is 1.11 bits per heavy atom. The van der Waals surface area contributed by atoms with E-state index in [-0.39, 0.29) is 11.5 Å². The zero-order valence-electron chi connectivity index (χ0n) is 21.6. The first-order chi connectivity index (χ1) is 17.8. The van der Waals surface area contributed by atoms with E-state index in [4.69, 9.17) is 5.73 Å². The molecule has 4 heterocycles. The number of pyridine rings is 1. The van der Waals surface area contributed by atoms with E-state index in [1.54, 1.807) is 25.8 Å². The number of carbonyl (C=O) groups excluding carboxylic acids is 1. The van der Waals surface area contributed by atoms with Crippen molar-refractivity contribution in [1.82, 2.24) is 34.3 Å². The molecule has 1 saturated heterocycles. The monoisotopic (exact) mass is 500 g/mol. The quantitative estimate of drug-likeness (QED) is 0.350. The zero-order valence-corrected chi connectivity index (χ0v) is 21.6. The number of nitrogens with one attached hydrogen (secondary N) is 2. The highest BCUT2D eigenvalue weighted by Crippen LogP contribution is 2.32. The van der Waals surface area contributed by atoms with Crippen molar-refractivity contribution in [2.75, 3.05) is 44.4 Å². The van der Waals surface area contributed by atoms with E-state index in [1.807, 2.05) is 23.7 Å². The summed E-state index contributed by atoms with van der Waals surface area (Å²) in [6.07, 6.45) is 5.11. The number of hydrogen-bond acceptors (Lipinski definition) is 9. The number of fused-ring (bicyclic) bond motifs is 1. The number of aromatic nitrogens is 5. The van der Waals surface area contributed by atoms with Gasteiger partial charge in [0.1, 0.15) is 11.2 Å². The first kappa shape index (κ1) is 24.6. The molecule has 0 bridgehead atoms. The second-order valence-electron chi connectivity index (χ2n) is 9.53. The van der Waals surface area contributed by atoms with Crippen LogP contribution in [0.5, 0.6) is 0 Å². The number of benzene rings is 1. The topological polar surface area (TPSA) is 130 Å². The van der Waals surface area contributed by atoms with Crippen LogP contribution in [0.15, 0.2) is 43.0 Å². The number of likely N-dealkylation sites (N-methyl/N-ethyl adjacent to an activating group) is 1. The van der Waals surface area contributed by atoms with E-state index >= 15 is 0 Å². The zero-order chi connectivity index (χ0) is 26.1. The van der Waals surface area contributed by atoms with Gasteiger partial charge >= 0.3 is 0 Å². The summed E-state index contributed by atoms with van der Waals surface area (Å²) in [4.78, 5) is 35.4. The summed E-state index contributed by atoms with van der Waals surface area (Å²) >= 11 is 0. The summed E-state index contributed by atoms with van der Waals surface area (Å²) in [6, 6.07) is 8.68. The molecule has 0 saturated carbocycles. The number of nitrogens with zero attached hydrogens (tertiary/aromatic N) is 7. The summed E-state index contributed by atoms with van der Waals surface area (Å²) in [6.45, 7) is 6.34. The number of imidazole rings is 1. The lowest BCUT2D eigenvalue weighted by atomic mass is 10.1. The molecule has 0 unspecified atom stereocenters. The van der Waals surface area contributed by atoms with Crippen LogP contribution in [-0.2, 0) is 13.6 Å². The Balaban J connectivity index is 1.42. The Bertz CT molecular complexity index is 1430. The first-order valence-corrected chi connectivity index (χ1v) is 12.3. The SMILES string of the molecule is CNc1nc(Nc2ccc(CN3CCN(C)[C@H](C)C3)cc2)c(C(N)=O)nc1-c1cncc2c1ncn2C. The summed E-state index contributed by atoms with van der Waals surface area (Å²) in [5.74, 6) is 0.0801. The first-order valence-electron chi connectivity index (χ1n) is 12.3. The lowest BCUT2D eigenvalue weighted by Gasteiger charge is -2.37. The van der Waals surface area contributed by atoms with Gasteiger partial charge in [-0.15, -0.1) is 0 Å². The molecule has 11 nitrogen and oxygen atoms in total. The van der Waals surface area contributed by atoms with Crippen LogP contribution in [-0.4, -0.2) is 80.0 Å². The third-order valence-corrected chi connectivity index (χ3v) is 6.93. The molecule has 5 rings (SSSR count). The Labute approximate surface area is 215 Å². The van der Waals surface area contributed by atoms with Crippen molar-refractivity contribution in [2.24, 2.45) is 12.8 Å². The van der Waals surface area contributed by atoms with Crippen molar-refractivity contribution < 1.29 is 4.79 Å². The molecule has 0 radical (unpaired) electrons. The van der Waals surface area contributed by atoms with Gasteiger partial charge in [0.25, 0.3) is 5.91 Å². The van der Waals surface area contributed by atoms with Crippen molar-refractivity contribution >= 4 is 34.3 Å². The minimum absolute atomic E-state index is 0.0393. The van der Waals surface area contributed by atoms with Gasteiger partial charge in [0.15, 0.2) is 17.3 Å². The molecule has 192 valence electrons. The van der Waals surface area contributed by atoms with E-state index in [0.717, 1.165) is 37.4 Å². The van der Waals surface area contributed by atoms with E-state index in [9.17, 15) is 4.79 Å². The molecule has 1 atom stereocenters. The van der Waals surface area contributed by atoms with Crippen LogP contribution < -0.4 is 16.4 Å². The third kappa shape index (κ3) is 4.95. The molecule has 1 aliphatic heterocycles. The number of aryl methyl sites for hydroxylation is 1. The molecule has 4 aromatic rings. The molecule has 1 fully saturated rings. The summed E-state index contributed by atoms with van der Waals surface area (Å²) in [7, 11) is 5.82. The maximum Gasteiger partial charge on any atom is 0.271 e. The number of hydrogen-bond donors (Lipinski definition) is 3. The molecule has 0 aliphatic carbocycles.